The summed E-state index contributed by atoms with van der Waals surface area (Å²) in [6.45, 7) is 1.93. The smallest absolute Gasteiger partial charge is 0.196 e. The second-order valence-corrected chi connectivity index (χ2v) is 5.08. The first kappa shape index (κ1) is 11.1. The fourth-order valence-electron chi connectivity index (χ4n) is 2.02. The maximum atomic E-state index is 12.5. The molecule has 0 aliphatic carbocycles. The van der Waals surface area contributed by atoms with E-state index in [1.54, 1.807) is 23.7 Å². The van der Waals surface area contributed by atoms with E-state index in [1.807, 2.05) is 42.6 Å². The summed E-state index contributed by atoms with van der Waals surface area (Å²) in [5, 5.41) is 3.13. The van der Waals surface area contributed by atoms with Crippen LogP contribution in [-0.4, -0.2) is 10.8 Å². The molecule has 18 heavy (non-hydrogen) atoms. The van der Waals surface area contributed by atoms with E-state index in [4.69, 9.17) is 0 Å². The van der Waals surface area contributed by atoms with Gasteiger partial charge in [0.05, 0.1) is 0 Å². The molecule has 2 heterocycles. The van der Waals surface area contributed by atoms with Crippen LogP contribution >= 0.6 is 11.3 Å². The van der Waals surface area contributed by atoms with Gasteiger partial charge in [-0.15, -0.1) is 11.3 Å². The quantitative estimate of drug-likeness (QED) is 0.649. The van der Waals surface area contributed by atoms with Gasteiger partial charge < -0.3 is 0 Å². The van der Waals surface area contributed by atoms with Gasteiger partial charge in [0.15, 0.2) is 5.78 Å². The van der Waals surface area contributed by atoms with Crippen LogP contribution in [0.25, 0.3) is 10.1 Å². The topological polar surface area (TPSA) is 30.0 Å². The molecule has 0 bridgehead atoms. The van der Waals surface area contributed by atoms with Gasteiger partial charge >= 0.3 is 0 Å². The minimum Gasteiger partial charge on any atom is -0.288 e. The summed E-state index contributed by atoms with van der Waals surface area (Å²) in [4.78, 5) is 16.6. The van der Waals surface area contributed by atoms with Crippen molar-refractivity contribution in [2.24, 2.45) is 0 Å². The molecule has 0 unspecified atom stereocenters. The van der Waals surface area contributed by atoms with Gasteiger partial charge in [0.1, 0.15) is 0 Å². The molecule has 0 aliphatic rings. The molecule has 0 saturated carbocycles. The summed E-state index contributed by atoms with van der Waals surface area (Å²) in [5.41, 5.74) is 2.40. The summed E-state index contributed by atoms with van der Waals surface area (Å²) in [7, 11) is 0. The molecular weight excluding hydrogens is 242 g/mol. The van der Waals surface area contributed by atoms with E-state index in [-0.39, 0.29) is 5.78 Å². The van der Waals surface area contributed by atoms with Crippen molar-refractivity contribution < 1.29 is 4.79 Å². The van der Waals surface area contributed by atoms with Crippen LogP contribution in [0.4, 0.5) is 0 Å². The zero-order valence-electron chi connectivity index (χ0n) is 9.88. The number of rotatable bonds is 2. The van der Waals surface area contributed by atoms with E-state index in [0.29, 0.717) is 5.56 Å². The number of hydrogen-bond acceptors (Lipinski definition) is 3. The number of carbonyl (C=O) groups excluding carboxylic acids is 1. The number of aryl methyl sites for hydroxylation is 1. The van der Waals surface area contributed by atoms with Crippen molar-refractivity contribution in [1.82, 2.24) is 4.98 Å². The van der Waals surface area contributed by atoms with Crippen molar-refractivity contribution in [3.8, 4) is 0 Å². The van der Waals surface area contributed by atoms with Gasteiger partial charge in [0, 0.05) is 28.2 Å². The molecule has 0 aliphatic heterocycles. The molecule has 2 aromatic heterocycles. The van der Waals surface area contributed by atoms with Crippen LogP contribution in [0.1, 0.15) is 21.5 Å². The second kappa shape index (κ2) is 4.35. The number of pyridine rings is 1. The maximum absolute atomic E-state index is 12.5. The van der Waals surface area contributed by atoms with Crippen LogP contribution in [0.15, 0.2) is 48.1 Å². The van der Waals surface area contributed by atoms with Crippen LogP contribution < -0.4 is 0 Å². The van der Waals surface area contributed by atoms with Crippen LogP contribution in [0, 0.1) is 6.92 Å². The lowest BCUT2D eigenvalue weighted by molar-refractivity contribution is 0.103. The van der Waals surface area contributed by atoms with Crippen molar-refractivity contribution in [1.29, 1.82) is 0 Å². The number of carbonyl (C=O) groups is 1. The number of hydrogen-bond donors (Lipinski definition) is 0. The first-order valence-corrected chi connectivity index (χ1v) is 6.57. The third-order valence-electron chi connectivity index (χ3n) is 3.01. The van der Waals surface area contributed by atoms with Gasteiger partial charge in [-0.05, 0) is 41.5 Å². The molecule has 0 saturated heterocycles. The fraction of sp³-hybridized carbons (Fsp3) is 0.0667. The average molecular weight is 253 g/mol. The third kappa shape index (κ3) is 1.73. The Morgan fingerprint density at radius 1 is 1.17 bits per heavy atom. The van der Waals surface area contributed by atoms with E-state index >= 15 is 0 Å². The van der Waals surface area contributed by atoms with Crippen LogP contribution in [-0.2, 0) is 0 Å². The zero-order chi connectivity index (χ0) is 12.5. The molecule has 88 valence electrons. The lowest BCUT2D eigenvalue weighted by Gasteiger charge is -2.05. The summed E-state index contributed by atoms with van der Waals surface area (Å²) in [6.07, 6.45) is 3.35. The second-order valence-electron chi connectivity index (χ2n) is 4.16. The maximum Gasteiger partial charge on any atom is 0.196 e. The van der Waals surface area contributed by atoms with Gasteiger partial charge in [-0.2, -0.15) is 0 Å². The van der Waals surface area contributed by atoms with Gasteiger partial charge in [-0.25, -0.2) is 0 Å². The largest absolute Gasteiger partial charge is 0.288 e. The highest BCUT2D eigenvalue weighted by atomic mass is 32.1. The fourth-order valence-corrected chi connectivity index (χ4v) is 2.93. The summed E-state index contributed by atoms with van der Waals surface area (Å²) >= 11 is 1.60. The van der Waals surface area contributed by atoms with Gasteiger partial charge in [0.25, 0.3) is 0 Å². The van der Waals surface area contributed by atoms with Gasteiger partial charge in [0.2, 0.25) is 0 Å². The highest BCUT2D eigenvalue weighted by Gasteiger charge is 2.15. The Kier molecular flexibility index (Phi) is 2.68. The van der Waals surface area contributed by atoms with Gasteiger partial charge in [-0.1, -0.05) is 12.1 Å². The molecule has 3 heteroatoms. The zero-order valence-corrected chi connectivity index (χ0v) is 10.7. The lowest BCUT2D eigenvalue weighted by atomic mass is 10.0. The Bertz CT molecular complexity index is 730. The van der Waals surface area contributed by atoms with Crippen LogP contribution in [0.5, 0.6) is 0 Å². The molecule has 0 atom stereocenters. The third-order valence-corrected chi connectivity index (χ3v) is 3.97. The Morgan fingerprint density at radius 3 is 2.89 bits per heavy atom. The molecule has 2 nitrogen and oxygen atoms in total. The summed E-state index contributed by atoms with van der Waals surface area (Å²) < 4.78 is 1.05. The first-order valence-electron chi connectivity index (χ1n) is 5.69. The molecule has 0 radical (unpaired) electrons. The molecule has 3 rings (SSSR count). The number of benzene rings is 1. The van der Waals surface area contributed by atoms with Crippen molar-refractivity contribution in [2.75, 3.05) is 0 Å². The molecule has 0 fully saturated rings. The Morgan fingerprint density at radius 2 is 2.06 bits per heavy atom. The normalized spacial score (nSPS) is 10.7. The average Bonchev–Trinajstić information content (AvgIpc) is 2.86. The molecule has 0 spiro atoms. The van der Waals surface area contributed by atoms with E-state index in [0.717, 1.165) is 21.2 Å². The standard InChI is InChI=1S/C15H11NOS/c1-10-5-7-16-9-13(10)14(17)12-4-2-3-11-6-8-18-15(11)12/h2-9H,1H3. The number of fused-ring (bicyclic) bond motifs is 1. The van der Waals surface area contributed by atoms with Crippen molar-refractivity contribution in [3.63, 3.8) is 0 Å². The Balaban J connectivity index is 2.18. The van der Waals surface area contributed by atoms with Crippen molar-refractivity contribution in [2.45, 2.75) is 6.92 Å². The SMILES string of the molecule is Cc1ccncc1C(=O)c1cccc2ccsc12. The van der Waals surface area contributed by atoms with E-state index in [1.165, 1.54) is 0 Å². The van der Waals surface area contributed by atoms with Crippen LogP contribution in [0.3, 0.4) is 0 Å². The van der Waals surface area contributed by atoms with E-state index < -0.39 is 0 Å². The lowest BCUT2D eigenvalue weighted by Crippen LogP contribution is -2.04. The first-order chi connectivity index (χ1) is 8.77. The highest BCUT2D eigenvalue weighted by molar-refractivity contribution is 7.17. The minimum absolute atomic E-state index is 0.0497. The number of aromatic nitrogens is 1. The van der Waals surface area contributed by atoms with Crippen LogP contribution in [0.2, 0.25) is 0 Å². The predicted molar refractivity (Wildman–Crippen MR) is 74.2 cm³/mol. The van der Waals surface area contributed by atoms with E-state index in [9.17, 15) is 4.79 Å². The minimum atomic E-state index is 0.0497. The number of nitrogens with zero attached hydrogens (tertiary/aromatic N) is 1. The predicted octanol–water partition coefficient (Wildman–Crippen LogP) is 3.84. The Labute approximate surface area is 109 Å². The van der Waals surface area contributed by atoms with Crippen molar-refractivity contribution in [3.05, 3.63) is 64.8 Å². The molecule has 0 N–H and O–H groups in total. The molecule has 0 amide bonds. The number of ketones is 1. The Hall–Kier alpha value is -2.00. The summed E-state index contributed by atoms with van der Waals surface area (Å²) in [6, 6.07) is 9.73. The monoisotopic (exact) mass is 253 g/mol. The van der Waals surface area contributed by atoms with E-state index in [2.05, 4.69) is 4.98 Å². The van der Waals surface area contributed by atoms with Gasteiger partial charge in [-0.3, -0.25) is 9.78 Å². The molecule has 1 aromatic carbocycles. The molecule has 3 aromatic rings. The van der Waals surface area contributed by atoms with Crippen molar-refractivity contribution >= 4 is 27.2 Å². The highest BCUT2D eigenvalue weighted by Crippen LogP contribution is 2.26. The summed E-state index contributed by atoms with van der Waals surface area (Å²) in [5.74, 6) is 0.0497. The number of thiophene rings is 1. The molecular formula is C15H11NOS.